The normalized spacial score (nSPS) is 15.2. The lowest BCUT2D eigenvalue weighted by Crippen LogP contribution is -2.45. The molecule has 1 fully saturated rings. The second-order valence-electron chi connectivity index (χ2n) is 6.49. The van der Waals surface area contributed by atoms with E-state index in [1.165, 1.54) is 11.1 Å². The van der Waals surface area contributed by atoms with E-state index in [1.807, 2.05) is 6.92 Å². The topological polar surface area (TPSA) is 78.0 Å². The first kappa shape index (κ1) is 17.6. The maximum absolute atomic E-state index is 4.50. The number of nitrogens with one attached hydrogen (secondary N) is 3. The molecule has 3 N–H and O–H groups in total. The lowest BCUT2D eigenvalue weighted by Gasteiger charge is -2.27. The minimum absolute atomic E-state index is 0.573. The largest absolute Gasteiger partial charge is 0.353 e. The SMILES string of the molecule is Cc1ccc(Nc2nc(C)nc(NCCN3CCNCC3)n2)c(C)c1. The summed E-state index contributed by atoms with van der Waals surface area (Å²) in [6, 6.07) is 6.28. The Morgan fingerprint density at radius 1 is 1.04 bits per heavy atom. The predicted molar refractivity (Wildman–Crippen MR) is 102 cm³/mol. The van der Waals surface area contributed by atoms with E-state index in [4.69, 9.17) is 0 Å². The molecular weight excluding hydrogens is 314 g/mol. The van der Waals surface area contributed by atoms with Gasteiger partial charge in [0.25, 0.3) is 0 Å². The summed E-state index contributed by atoms with van der Waals surface area (Å²) in [7, 11) is 0. The third kappa shape index (κ3) is 5.11. The number of hydrogen-bond acceptors (Lipinski definition) is 7. The predicted octanol–water partition coefficient (Wildman–Crippen LogP) is 1.86. The first-order chi connectivity index (χ1) is 12.1. The van der Waals surface area contributed by atoms with Crippen LogP contribution in [0.25, 0.3) is 0 Å². The second kappa shape index (κ2) is 8.22. The van der Waals surface area contributed by atoms with Crippen LogP contribution in [0.5, 0.6) is 0 Å². The highest BCUT2D eigenvalue weighted by atomic mass is 15.2. The molecule has 0 amide bonds. The highest BCUT2D eigenvalue weighted by Crippen LogP contribution is 2.19. The van der Waals surface area contributed by atoms with Crippen LogP contribution in [-0.2, 0) is 0 Å². The molecular formula is C18H27N7. The molecule has 1 aliphatic rings. The van der Waals surface area contributed by atoms with Crippen molar-refractivity contribution >= 4 is 17.6 Å². The van der Waals surface area contributed by atoms with Gasteiger partial charge in [0, 0.05) is 45.0 Å². The van der Waals surface area contributed by atoms with Crippen molar-refractivity contribution in [2.45, 2.75) is 20.8 Å². The molecule has 2 heterocycles. The smallest absolute Gasteiger partial charge is 0.232 e. The van der Waals surface area contributed by atoms with Crippen molar-refractivity contribution in [1.29, 1.82) is 0 Å². The van der Waals surface area contributed by atoms with Gasteiger partial charge in [0.05, 0.1) is 0 Å². The zero-order valence-corrected chi connectivity index (χ0v) is 15.3. The number of anilines is 3. The van der Waals surface area contributed by atoms with Crippen molar-refractivity contribution in [3.8, 4) is 0 Å². The molecule has 1 aromatic heterocycles. The van der Waals surface area contributed by atoms with Gasteiger partial charge in [-0.15, -0.1) is 0 Å². The van der Waals surface area contributed by atoms with Gasteiger partial charge in [-0.05, 0) is 32.4 Å². The maximum Gasteiger partial charge on any atom is 0.232 e. The number of rotatable bonds is 6. The number of aromatic nitrogens is 3. The van der Waals surface area contributed by atoms with Gasteiger partial charge in [0.1, 0.15) is 5.82 Å². The molecule has 134 valence electrons. The molecule has 0 spiro atoms. The molecule has 0 radical (unpaired) electrons. The van der Waals surface area contributed by atoms with Gasteiger partial charge in [-0.1, -0.05) is 17.7 Å². The van der Waals surface area contributed by atoms with Gasteiger partial charge in [0.15, 0.2) is 0 Å². The number of benzene rings is 1. The first-order valence-corrected chi connectivity index (χ1v) is 8.84. The molecule has 1 saturated heterocycles. The molecule has 0 bridgehead atoms. The van der Waals surface area contributed by atoms with Crippen LogP contribution in [0.15, 0.2) is 18.2 Å². The number of nitrogens with zero attached hydrogens (tertiary/aromatic N) is 4. The maximum atomic E-state index is 4.50. The van der Waals surface area contributed by atoms with E-state index in [-0.39, 0.29) is 0 Å². The molecule has 1 aromatic carbocycles. The third-order valence-electron chi connectivity index (χ3n) is 4.30. The van der Waals surface area contributed by atoms with Crippen LogP contribution in [0.3, 0.4) is 0 Å². The van der Waals surface area contributed by atoms with Crippen molar-refractivity contribution < 1.29 is 0 Å². The van der Waals surface area contributed by atoms with Gasteiger partial charge >= 0.3 is 0 Å². The summed E-state index contributed by atoms with van der Waals surface area (Å²) in [6.07, 6.45) is 0. The van der Waals surface area contributed by atoms with Crippen molar-refractivity contribution in [2.24, 2.45) is 0 Å². The Bertz CT molecular complexity index is 711. The number of hydrogen-bond donors (Lipinski definition) is 3. The fourth-order valence-corrected chi connectivity index (χ4v) is 2.95. The minimum Gasteiger partial charge on any atom is -0.353 e. The van der Waals surface area contributed by atoms with Crippen LogP contribution >= 0.6 is 0 Å². The van der Waals surface area contributed by atoms with E-state index in [0.717, 1.165) is 45.0 Å². The fourth-order valence-electron chi connectivity index (χ4n) is 2.95. The standard InChI is InChI=1S/C18H27N7/c1-13-4-5-16(14(2)12-13)23-18-22-15(3)21-17(24-18)20-8-11-25-9-6-19-7-10-25/h4-5,12,19H,6-11H2,1-3H3,(H2,20,21,22,23,24). The number of piperazine rings is 1. The van der Waals surface area contributed by atoms with Crippen LogP contribution in [0.2, 0.25) is 0 Å². The molecule has 0 saturated carbocycles. The van der Waals surface area contributed by atoms with Crippen molar-refractivity contribution in [1.82, 2.24) is 25.2 Å². The van der Waals surface area contributed by atoms with Crippen LogP contribution < -0.4 is 16.0 Å². The van der Waals surface area contributed by atoms with E-state index in [1.54, 1.807) is 0 Å². The second-order valence-corrected chi connectivity index (χ2v) is 6.49. The van der Waals surface area contributed by atoms with Crippen LogP contribution in [0.4, 0.5) is 17.6 Å². The summed E-state index contributed by atoms with van der Waals surface area (Å²) < 4.78 is 0. The quantitative estimate of drug-likeness (QED) is 0.740. The summed E-state index contributed by atoms with van der Waals surface area (Å²) in [6.45, 7) is 12.2. The van der Waals surface area contributed by atoms with Gasteiger partial charge in [-0.3, -0.25) is 4.90 Å². The fraction of sp³-hybridized carbons (Fsp3) is 0.500. The number of aryl methyl sites for hydroxylation is 3. The third-order valence-corrected chi connectivity index (χ3v) is 4.30. The Balaban J connectivity index is 1.61. The summed E-state index contributed by atoms with van der Waals surface area (Å²) in [5, 5.41) is 9.98. The van der Waals surface area contributed by atoms with E-state index < -0.39 is 0 Å². The molecule has 7 heteroatoms. The molecule has 3 rings (SSSR count). The Morgan fingerprint density at radius 2 is 1.80 bits per heavy atom. The van der Waals surface area contributed by atoms with Crippen LogP contribution in [0, 0.1) is 20.8 Å². The minimum atomic E-state index is 0.573. The van der Waals surface area contributed by atoms with Gasteiger partial charge in [-0.2, -0.15) is 15.0 Å². The summed E-state index contributed by atoms with van der Waals surface area (Å²) in [5.41, 5.74) is 3.43. The van der Waals surface area contributed by atoms with Crippen molar-refractivity contribution in [2.75, 3.05) is 49.9 Å². The molecule has 1 aliphatic heterocycles. The van der Waals surface area contributed by atoms with Crippen molar-refractivity contribution in [3.05, 3.63) is 35.2 Å². The van der Waals surface area contributed by atoms with Gasteiger partial charge in [-0.25, -0.2) is 0 Å². The summed E-state index contributed by atoms with van der Waals surface area (Å²) in [4.78, 5) is 15.7. The van der Waals surface area contributed by atoms with Gasteiger partial charge < -0.3 is 16.0 Å². The highest BCUT2D eigenvalue weighted by molar-refractivity contribution is 5.59. The first-order valence-electron chi connectivity index (χ1n) is 8.84. The average Bonchev–Trinajstić information content (AvgIpc) is 2.58. The summed E-state index contributed by atoms with van der Waals surface area (Å²) in [5.74, 6) is 1.89. The van der Waals surface area contributed by atoms with E-state index in [2.05, 4.69) is 67.8 Å². The van der Waals surface area contributed by atoms with E-state index in [9.17, 15) is 0 Å². The lowest BCUT2D eigenvalue weighted by atomic mass is 10.1. The molecule has 0 unspecified atom stereocenters. The molecule has 0 aliphatic carbocycles. The zero-order valence-electron chi connectivity index (χ0n) is 15.3. The Morgan fingerprint density at radius 3 is 2.56 bits per heavy atom. The Labute approximate surface area is 149 Å². The van der Waals surface area contributed by atoms with Crippen molar-refractivity contribution in [3.63, 3.8) is 0 Å². The molecule has 0 atom stereocenters. The summed E-state index contributed by atoms with van der Waals surface area (Å²) >= 11 is 0. The molecule has 25 heavy (non-hydrogen) atoms. The lowest BCUT2D eigenvalue weighted by molar-refractivity contribution is 0.249. The molecule has 2 aromatic rings. The Hall–Kier alpha value is -2.25. The van der Waals surface area contributed by atoms with E-state index in [0.29, 0.717) is 17.7 Å². The monoisotopic (exact) mass is 341 g/mol. The zero-order chi connectivity index (χ0) is 17.6. The average molecular weight is 341 g/mol. The Kier molecular flexibility index (Phi) is 5.78. The van der Waals surface area contributed by atoms with Crippen LogP contribution in [0.1, 0.15) is 17.0 Å². The van der Waals surface area contributed by atoms with Crippen LogP contribution in [-0.4, -0.2) is 59.1 Å². The van der Waals surface area contributed by atoms with Gasteiger partial charge in [0.2, 0.25) is 11.9 Å². The van der Waals surface area contributed by atoms with E-state index >= 15 is 0 Å². The molecule has 7 nitrogen and oxygen atoms in total. The highest BCUT2D eigenvalue weighted by Gasteiger charge is 2.10.